The van der Waals surface area contributed by atoms with Crippen LogP contribution in [0.15, 0.2) is 111 Å². The smallest absolute Gasteiger partial charge is 0.265 e. The van der Waals surface area contributed by atoms with E-state index in [1.54, 1.807) is 73.7 Å². The molecule has 3 rings (SSSR count). The Balaban J connectivity index is 1.86. The van der Waals surface area contributed by atoms with Crippen LogP contribution in [0.2, 0.25) is 0 Å². The van der Waals surface area contributed by atoms with E-state index in [0.29, 0.717) is 17.7 Å². The molecule has 8 nitrogen and oxygen atoms in total. The highest BCUT2D eigenvalue weighted by molar-refractivity contribution is 7.87. The van der Waals surface area contributed by atoms with Gasteiger partial charge in [0, 0.05) is 6.42 Å². The zero-order chi connectivity index (χ0) is 23.7. The van der Waals surface area contributed by atoms with Crippen LogP contribution in [0.3, 0.4) is 0 Å². The normalized spacial score (nSPS) is 12.9. The van der Waals surface area contributed by atoms with Crippen LogP contribution < -0.4 is 0 Å². The Bertz CT molecular complexity index is 1320. The molecule has 0 N–H and O–H groups in total. The molecule has 0 saturated carbocycles. The first-order valence-electron chi connectivity index (χ1n) is 9.97. The number of hydrogen-bond acceptors (Lipinski definition) is 8. The first-order valence-corrected chi connectivity index (χ1v) is 12.8. The van der Waals surface area contributed by atoms with Crippen molar-refractivity contribution >= 4 is 31.7 Å². The molecule has 172 valence electrons. The second-order valence-corrected chi connectivity index (χ2v) is 9.83. The molecule has 0 aromatic heterocycles. The molecule has 0 aliphatic rings. The first-order chi connectivity index (χ1) is 15.8. The molecular formula is C23H22N2O6S2. The van der Waals surface area contributed by atoms with E-state index in [0.717, 1.165) is 0 Å². The summed E-state index contributed by atoms with van der Waals surface area (Å²) in [4.78, 5) is -0.0683. The van der Waals surface area contributed by atoms with Crippen molar-refractivity contribution in [3.63, 3.8) is 0 Å². The molecule has 0 saturated heterocycles. The van der Waals surface area contributed by atoms with E-state index < -0.39 is 20.2 Å². The molecule has 0 aliphatic carbocycles. The van der Waals surface area contributed by atoms with Gasteiger partial charge in [-0.2, -0.15) is 16.8 Å². The Morgan fingerprint density at radius 3 is 1.55 bits per heavy atom. The maximum Gasteiger partial charge on any atom is 0.358 e. The van der Waals surface area contributed by atoms with Crippen molar-refractivity contribution in [1.82, 2.24) is 0 Å². The molecule has 0 aliphatic heterocycles. The third-order valence-electron chi connectivity index (χ3n) is 4.46. The topological polar surface area (TPSA) is 111 Å². The zero-order valence-electron chi connectivity index (χ0n) is 17.7. The monoisotopic (exact) mass is 486 g/mol. The molecule has 0 heterocycles. The lowest BCUT2D eigenvalue weighted by Crippen LogP contribution is -2.13. The van der Waals surface area contributed by atoms with Gasteiger partial charge in [-0.25, -0.2) is 0 Å². The second kappa shape index (κ2) is 10.9. The molecule has 3 aromatic carbocycles. The Labute approximate surface area is 193 Å². The average molecular weight is 487 g/mol. The minimum Gasteiger partial charge on any atom is -0.265 e. The van der Waals surface area contributed by atoms with Crippen molar-refractivity contribution in [3.8, 4) is 0 Å². The molecule has 0 fully saturated rings. The summed E-state index contributed by atoms with van der Waals surface area (Å²) < 4.78 is 59.5. The first kappa shape index (κ1) is 24.1. The fourth-order valence-electron chi connectivity index (χ4n) is 2.69. The lowest BCUT2D eigenvalue weighted by atomic mass is 10.0. The van der Waals surface area contributed by atoms with Crippen LogP contribution in [0.5, 0.6) is 0 Å². The lowest BCUT2D eigenvalue weighted by Gasteiger charge is -2.09. The SMILES string of the molecule is CCC(CC(=NOS(=O)(=O)c1ccccc1)c1ccccc1)=NOS(=O)(=O)c1ccccc1. The minimum atomic E-state index is -4.13. The summed E-state index contributed by atoms with van der Waals surface area (Å²) in [5.74, 6) is 0. The van der Waals surface area contributed by atoms with Gasteiger partial charge in [0.05, 0.1) is 11.4 Å². The van der Waals surface area contributed by atoms with E-state index in [1.807, 2.05) is 0 Å². The fourth-order valence-corrected chi connectivity index (χ4v) is 4.23. The molecular weight excluding hydrogens is 464 g/mol. The van der Waals surface area contributed by atoms with Crippen molar-refractivity contribution in [1.29, 1.82) is 0 Å². The number of hydrogen-bond donors (Lipinski definition) is 0. The number of nitrogens with zero attached hydrogens (tertiary/aromatic N) is 2. The Morgan fingerprint density at radius 1 is 0.667 bits per heavy atom. The number of benzene rings is 3. The predicted molar refractivity (Wildman–Crippen MR) is 125 cm³/mol. The van der Waals surface area contributed by atoms with Crippen LogP contribution in [0.25, 0.3) is 0 Å². The van der Waals surface area contributed by atoms with E-state index in [4.69, 9.17) is 8.57 Å². The van der Waals surface area contributed by atoms with Gasteiger partial charge in [-0.3, -0.25) is 8.57 Å². The van der Waals surface area contributed by atoms with Gasteiger partial charge in [-0.05, 0) is 36.2 Å². The number of oxime groups is 2. The van der Waals surface area contributed by atoms with Crippen molar-refractivity contribution in [2.45, 2.75) is 29.6 Å². The average Bonchev–Trinajstić information content (AvgIpc) is 2.85. The number of rotatable bonds is 10. The van der Waals surface area contributed by atoms with E-state index in [2.05, 4.69) is 10.3 Å². The maximum atomic E-state index is 12.5. The van der Waals surface area contributed by atoms with E-state index >= 15 is 0 Å². The second-order valence-electron chi connectivity index (χ2n) is 6.78. The third-order valence-corrected chi connectivity index (χ3v) is 6.70. The van der Waals surface area contributed by atoms with Crippen molar-refractivity contribution in [2.75, 3.05) is 0 Å². The summed E-state index contributed by atoms with van der Waals surface area (Å²) in [7, 11) is -8.22. The van der Waals surface area contributed by atoms with Crippen molar-refractivity contribution in [2.24, 2.45) is 10.3 Å². The van der Waals surface area contributed by atoms with E-state index in [9.17, 15) is 16.8 Å². The molecule has 0 unspecified atom stereocenters. The van der Waals surface area contributed by atoms with Gasteiger partial charge in [0.2, 0.25) is 0 Å². The van der Waals surface area contributed by atoms with Crippen LogP contribution in [-0.2, 0) is 28.8 Å². The molecule has 0 atom stereocenters. The van der Waals surface area contributed by atoms with Crippen molar-refractivity contribution < 1.29 is 25.4 Å². The Morgan fingerprint density at radius 2 is 1.09 bits per heavy atom. The van der Waals surface area contributed by atoms with Crippen LogP contribution in [-0.4, -0.2) is 28.3 Å². The van der Waals surface area contributed by atoms with Crippen LogP contribution in [0.1, 0.15) is 25.3 Å². The molecule has 10 heteroatoms. The zero-order valence-corrected chi connectivity index (χ0v) is 19.4. The third kappa shape index (κ3) is 6.74. The quantitative estimate of drug-likeness (QED) is 0.311. The van der Waals surface area contributed by atoms with Gasteiger partial charge >= 0.3 is 20.2 Å². The van der Waals surface area contributed by atoms with Gasteiger partial charge in [-0.15, -0.1) is 0 Å². The van der Waals surface area contributed by atoms with Crippen LogP contribution >= 0.6 is 0 Å². The van der Waals surface area contributed by atoms with Crippen LogP contribution in [0, 0.1) is 0 Å². The van der Waals surface area contributed by atoms with Crippen LogP contribution in [0.4, 0.5) is 0 Å². The van der Waals surface area contributed by atoms with Gasteiger partial charge in [0.1, 0.15) is 9.79 Å². The summed E-state index contributed by atoms with van der Waals surface area (Å²) in [5, 5.41) is 7.68. The summed E-state index contributed by atoms with van der Waals surface area (Å²) in [6.07, 6.45) is 0.344. The standard InChI is InChI=1S/C23H22N2O6S2/c1-2-20(24-30-32(26,27)21-14-8-4-9-15-21)18-23(19-12-6-3-7-13-19)25-31-33(28,29)22-16-10-5-11-17-22/h3-17H,2,18H2,1H3. The summed E-state index contributed by atoms with van der Waals surface area (Å²) >= 11 is 0. The molecule has 0 spiro atoms. The Kier molecular flexibility index (Phi) is 7.96. The highest BCUT2D eigenvalue weighted by Crippen LogP contribution is 2.16. The maximum absolute atomic E-state index is 12.5. The Hall–Kier alpha value is -3.50. The largest absolute Gasteiger partial charge is 0.358 e. The van der Waals surface area contributed by atoms with Crippen molar-refractivity contribution in [3.05, 3.63) is 96.6 Å². The van der Waals surface area contributed by atoms with Gasteiger partial charge < -0.3 is 0 Å². The lowest BCUT2D eigenvalue weighted by molar-refractivity contribution is 0.336. The minimum absolute atomic E-state index is 0.00906. The van der Waals surface area contributed by atoms with Gasteiger partial charge in [-0.1, -0.05) is 84.0 Å². The molecule has 0 amide bonds. The highest BCUT2D eigenvalue weighted by Gasteiger charge is 2.18. The van der Waals surface area contributed by atoms with Gasteiger partial charge in [0.25, 0.3) is 0 Å². The molecule has 0 bridgehead atoms. The molecule has 33 heavy (non-hydrogen) atoms. The predicted octanol–water partition coefficient (Wildman–Crippen LogP) is 4.36. The highest BCUT2D eigenvalue weighted by atomic mass is 32.2. The fraction of sp³-hybridized carbons (Fsp3) is 0.130. The summed E-state index contributed by atoms with van der Waals surface area (Å²) in [5.41, 5.74) is 1.17. The van der Waals surface area contributed by atoms with Gasteiger partial charge in [0.15, 0.2) is 0 Å². The van der Waals surface area contributed by atoms with E-state index in [1.165, 1.54) is 24.3 Å². The molecule has 3 aromatic rings. The molecule has 0 radical (unpaired) electrons. The van der Waals surface area contributed by atoms with E-state index in [-0.39, 0.29) is 21.9 Å². The summed E-state index contributed by atoms with van der Waals surface area (Å²) in [6, 6.07) is 24.0. The summed E-state index contributed by atoms with van der Waals surface area (Å²) in [6.45, 7) is 1.77.